The highest BCUT2D eigenvalue weighted by Gasteiger charge is 1.89. The highest BCUT2D eigenvalue weighted by atomic mass is 14.9. The first-order valence-electron chi connectivity index (χ1n) is 2.66. The summed E-state index contributed by atoms with van der Waals surface area (Å²) >= 11 is 0. The molecule has 0 atom stereocenters. The maximum atomic E-state index is 5.36. The Balaban J connectivity index is 2.83. The third-order valence-electron chi connectivity index (χ3n) is 0.782. The fourth-order valence-electron chi connectivity index (χ4n) is 0.364. The zero-order valence-electron chi connectivity index (χ0n) is 5.02. The Morgan fingerprint density at radius 1 is 1.57 bits per heavy atom. The number of nitrogens with zero attached hydrogens (tertiary/aromatic N) is 1. The van der Waals surface area contributed by atoms with Crippen molar-refractivity contribution in [2.75, 3.05) is 6.54 Å². The molecule has 7 heavy (non-hydrogen) atoms. The van der Waals surface area contributed by atoms with Crippen LogP contribution >= 0.6 is 0 Å². The average Bonchev–Trinajstić information content (AvgIpc) is 1.68. The van der Waals surface area contributed by atoms with Crippen molar-refractivity contribution >= 4 is 15.4 Å². The van der Waals surface area contributed by atoms with Crippen LogP contribution in [0.4, 0.5) is 0 Å². The van der Waals surface area contributed by atoms with Crippen molar-refractivity contribution in [2.24, 2.45) is 0 Å². The molecule has 0 fully saturated rings. The lowest BCUT2D eigenvalue weighted by Crippen LogP contribution is -2.23. The summed E-state index contributed by atoms with van der Waals surface area (Å²) in [6.07, 6.45) is 1.02. The molecule has 0 aromatic rings. The largest absolute Gasteiger partial charge is 0.399 e. The zero-order valence-corrected chi connectivity index (χ0v) is 5.02. The van der Waals surface area contributed by atoms with E-state index in [1.165, 1.54) is 0 Å². The third-order valence-corrected chi connectivity index (χ3v) is 0.782. The van der Waals surface area contributed by atoms with Crippen LogP contribution in [0, 0.1) is 0 Å². The highest BCUT2D eigenvalue weighted by Crippen LogP contribution is 1.78. The van der Waals surface area contributed by atoms with E-state index in [2.05, 4.69) is 6.92 Å². The normalized spacial score (nSPS) is 9.57. The molecule has 37 valence electrons. The Morgan fingerprint density at radius 3 is 2.29 bits per heavy atom. The molecule has 0 aromatic heterocycles. The minimum atomic E-state index is 0.897. The second-order valence-electron chi connectivity index (χ2n) is 1.42. The molecule has 0 aliphatic heterocycles. The molecule has 0 spiro atoms. The predicted molar refractivity (Wildman–Crippen MR) is 34.4 cm³/mol. The topological polar surface area (TPSA) is 3.24 Å². The molecule has 0 saturated carbocycles. The van der Waals surface area contributed by atoms with Gasteiger partial charge in [-0.3, -0.25) is 0 Å². The van der Waals surface area contributed by atoms with Crippen molar-refractivity contribution in [3.05, 3.63) is 0 Å². The Morgan fingerprint density at radius 2 is 2.14 bits per heavy atom. The molecule has 0 aliphatic carbocycles. The molecule has 3 radical (unpaired) electrons. The van der Waals surface area contributed by atoms with E-state index in [9.17, 15) is 0 Å². The first-order valence-corrected chi connectivity index (χ1v) is 2.66. The van der Waals surface area contributed by atoms with Crippen molar-refractivity contribution in [1.29, 1.82) is 0 Å². The first-order chi connectivity index (χ1) is 3.31. The molecule has 0 aromatic carbocycles. The van der Waals surface area contributed by atoms with Gasteiger partial charge in [-0.2, -0.15) is 0 Å². The molecule has 0 N–H and O–H groups in total. The van der Waals surface area contributed by atoms with E-state index in [-0.39, 0.29) is 0 Å². The second kappa shape index (κ2) is 4.25. The SMILES string of the molecule is [B]N([B]CC)CC. The molecule has 0 heterocycles. The molecule has 0 aliphatic rings. The molecule has 1 nitrogen and oxygen atoms in total. The highest BCUT2D eigenvalue weighted by molar-refractivity contribution is 6.41. The average molecular weight is 93.8 g/mol. The van der Waals surface area contributed by atoms with Crippen molar-refractivity contribution in [1.82, 2.24) is 4.72 Å². The fourth-order valence-corrected chi connectivity index (χ4v) is 0.364. The van der Waals surface area contributed by atoms with Crippen LogP contribution in [0.15, 0.2) is 0 Å². The van der Waals surface area contributed by atoms with Crippen LogP contribution in [0.25, 0.3) is 0 Å². The van der Waals surface area contributed by atoms with Crippen molar-refractivity contribution in [3.8, 4) is 0 Å². The van der Waals surface area contributed by atoms with Crippen LogP contribution in [-0.4, -0.2) is 26.7 Å². The summed E-state index contributed by atoms with van der Waals surface area (Å²) in [7, 11) is 7.32. The number of hydrogen-bond donors (Lipinski definition) is 0. The summed E-state index contributed by atoms with van der Waals surface area (Å²) in [6, 6.07) is 0. The lowest BCUT2D eigenvalue weighted by Gasteiger charge is -2.09. The van der Waals surface area contributed by atoms with Crippen LogP contribution < -0.4 is 0 Å². The van der Waals surface area contributed by atoms with Crippen molar-refractivity contribution in [3.63, 3.8) is 0 Å². The summed E-state index contributed by atoms with van der Waals surface area (Å²) in [5, 5.41) is 0. The van der Waals surface area contributed by atoms with Crippen LogP contribution in [0.5, 0.6) is 0 Å². The maximum absolute atomic E-state index is 5.36. The van der Waals surface area contributed by atoms with Crippen LogP contribution in [0.3, 0.4) is 0 Å². The standard InChI is InChI=1S/C4H10B2N/c1-3-6-7(5)4-2/h3-4H2,1-2H3. The van der Waals surface area contributed by atoms with Gasteiger partial charge in [0.15, 0.2) is 15.4 Å². The Labute approximate surface area is 47.8 Å². The molecule has 0 rings (SSSR count). The Hall–Kier alpha value is 0.0899. The predicted octanol–water partition coefficient (Wildman–Crippen LogP) is 0.449. The molecule has 0 unspecified atom stereocenters. The lowest BCUT2D eigenvalue weighted by molar-refractivity contribution is 0.726. The van der Waals surface area contributed by atoms with Gasteiger partial charge in [0.2, 0.25) is 0 Å². The summed E-state index contributed by atoms with van der Waals surface area (Å²) in [5.41, 5.74) is 0. The molecule has 0 bridgehead atoms. The number of hydrogen-bond acceptors (Lipinski definition) is 1. The summed E-state index contributed by atoms with van der Waals surface area (Å²) < 4.78 is 1.68. The van der Waals surface area contributed by atoms with Gasteiger partial charge in [0.1, 0.15) is 0 Å². The molecule has 3 heteroatoms. The Bertz CT molecular complexity index is 40.7. The summed E-state index contributed by atoms with van der Waals surface area (Å²) in [6.45, 7) is 4.98. The van der Waals surface area contributed by atoms with Crippen LogP contribution in [0.1, 0.15) is 13.8 Å². The first kappa shape index (κ1) is 7.09. The van der Waals surface area contributed by atoms with E-state index in [1.54, 1.807) is 4.72 Å². The molecular formula is C4H10B2N. The quantitative estimate of drug-likeness (QED) is 0.458. The van der Waals surface area contributed by atoms with Gasteiger partial charge in [-0.1, -0.05) is 20.2 Å². The maximum Gasteiger partial charge on any atom is 0.194 e. The van der Waals surface area contributed by atoms with E-state index >= 15 is 0 Å². The molecular weight excluding hydrogens is 83.7 g/mol. The monoisotopic (exact) mass is 94.1 g/mol. The van der Waals surface area contributed by atoms with Gasteiger partial charge in [-0.15, -0.1) is 0 Å². The van der Waals surface area contributed by atoms with E-state index in [4.69, 9.17) is 7.98 Å². The molecule has 0 saturated heterocycles. The third kappa shape index (κ3) is 3.93. The summed E-state index contributed by atoms with van der Waals surface area (Å²) in [5.74, 6) is 0. The van der Waals surface area contributed by atoms with Crippen LogP contribution in [0.2, 0.25) is 6.32 Å². The van der Waals surface area contributed by atoms with Gasteiger partial charge in [0, 0.05) is 0 Å². The number of rotatable bonds is 3. The van der Waals surface area contributed by atoms with Gasteiger partial charge in [0.25, 0.3) is 0 Å². The lowest BCUT2D eigenvalue weighted by atomic mass is 9.84. The second-order valence-corrected chi connectivity index (χ2v) is 1.42. The van der Waals surface area contributed by atoms with Gasteiger partial charge in [-0.25, -0.2) is 0 Å². The van der Waals surface area contributed by atoms with Gasteiger partial charge in [-0.05, 0) is 6.54 Å². The smallest absolute Gasteiger partial charge is 0.194 e. The molecule has 0 amide bonds. The zero-order chi connectivity index (χ0) is 5.70. The summed E-state index contributed by atoms with van der Waals surface area (Å²) in [4.78, 5) is 0. The van der Waals surface area contributed by atoms with Crippen LogP contribution in [-0.2, 0) is 0 Å². The van der Waals surface area contributed by atoms with Gasteiger partial charge in [0.05, 0.1) is 0 Å². The van der Waals surface area contributed by atoms with E-state index in [1.807, 2.05) is 14.3 Å². The van der Waals surface area contributed by atoms with E-state index < -0.39 is 0 Å². The van der Waals surface area contributed by atoms with Crippen molar-refractivity contribution < 1.29 is 0 Å². The van der Waals surface area contributed by atoms with Crippen molar-refractivity contribution in [2.45, 2.75) is 20.2 Å². The minimum Gasteiger partial charge on any atom is -0.399 e. The van der Waals surface area contributed by atoms with E-state index in [0.717, 1.165) is 12.9 Å². The fraction of sp³-hybridized carbons (Fsp3) is 1.00. The van der Waals surface area contributed by atoms with Gasteiger partial charge >= 0.3 is 0 Å². The van der Waals surface area contributed by atoms with Gasteiger partial charge < -0.3 is 4.72 Å². The van der Waals surface area contributed by atoms with E-state index in [0.29, 0.717) is 0 Å². The Kier molecular flexibility index (Phi) is 4.31. The minimum absolute atomic E-state index is 0.897.